The first-order valence-electron chi connectivity index (χ1n) is 14.1. The Kier molecular flexibility index (Phi) is 9.88. The molecule has 3 aromatic rings. The molecule has 2 N–H and O–H groups in total. The van der Waals surface area contributed by atoms with Crippen molar-refractivity contribution in [3.8, 4) is 5.75 Å². The van der Waals surface area contributed by atoms with E-state index in [-0.39, 0.29) is 33.3 Å². The fraction of sp³-hybridized carbons (Fsp3) is 0.387. The van der Waals surface area contributed by atoms with Gasteiger partial charge >= 0.3 is 0 Å². The van der Waals surface area contributed by atoms with E-state index in [4.69, 9.17) is 27.9 Å². The number of likely N-dealkylation sites (tertiary alicyclic amines) is 1. The van der Waals surface area contributed by atoms with Crippen molar-refractivity contribution in [2.45, 2.75) is 62.0 Å². The first-order chi connectivity index (χ1) is 19.8. The molecule has 0 bridgehead atoms. The summed E-state index contributed by atoms with van der Waals surface area (Å²) >= 11 is 12.1. The zero-order valence-electron chi connectivity index (χ0n) is 22.8. The molecular weight excluding hydrogens is 581 g/mol. The van der Waals surface area contributed by atoms with Crippen molar-refractivity contribution in [2.75, 3.05) is 19.7 Å². The van der Waals surface area contributed by atoms with Crippen LogP contribution in [0.25, 0.3) is 0 Å². The molecule has 2 atom stereocenters. The maximum atomic E-state index is 13.3. The highest BCUT2D eigenvalue weighted by Gasteiger charge is 2.27. The minimum atomic E-state index is -3.96. The van der Waals surface area contributed by atoms with Gasteiger partial charge in [0, 0.05) is 31.0 Å². The molecular formula is C31H35Cl2N3O4S. The summed E-state index contributed by atoms with van der Waals surface area (Å²) < 4.78 is 35.2. The topological polar surface area (TPSA) is 87.7 Å². The molecule has 1 fully saturated rings. The highest BCUT2D eigenvalue weighted by Crippen LogP contribution is 2.33. The summed E-state index contributed by atoms with van der Waals surface area (Å²) in [5, 5.41) is 3.54. The van der Waals surface area contributed by atoms with E-state index >= 15 is 0 Å². The Labute approximate surface area is 252 Å². The number of halogens is 2. The smallest absolute Gasteiger partial charge is 0.240 e. The molecule has 0 radical (unpaired) electrons. The van der Waals surface area contributed by atoms with Crippen LogP contribution in [-0.2, 0) is 27.8 Å². The van der Waals surface area contributed by atoms with Crippen LogP contribution in [0.1, 0.15) is 54.8 Å². The van der Waals surface area contributed by atoms with Gasteiger partial charge in [-0.05, 0) is 67.7 Å². The fourth-order valence-corrected chi connectivity index (χ4v) is 7.15. The fourth-order valence-electron chi connectivity index (χ4n) is 5.52. The predicted molar refractivity (Wildman–Crippen MR) is 162 cm³/mol. The first kappa shape index (κ1) is 29.9. The van der Waals surface area contributed by atoms with Crippen molar-refractivity contribution in [3.05, 3.63) is 93.5 Å². The summed E-state index contributed by atoms with van der Waals surface area (Å²) in [6, 6.07) is 19.0. The molecule has 0 spiro atoms. The van der Waals surface area contributed by atoms with Crippen molar-refractivity contribution in [3.63, 3.8) is 0 Å². The Bertz CT molecular complexity index is 1460. The Morgan fingerprint density at radius 1 is 0.951 bits per heavy atom. The van der Waals surface area contributed by atoms with E-state index in [9.17, 15) is 13.2 Å². The SMILES string of the molecule is O=C(C[C@H](Cc1ccccc1)NS(=O)(=O)c1ccc(Cl)c(Cl)c1)N[C@@H]1CCOc2cc(CN3CCCCC3)ccc21. The lowest BCUT2D eigenvalue weighted by molar-refractivity contribution is -0.122. The summed E-state index contributed by atoms with van der Waals surface area (Å²) in [6.07, 6.45) is 4.74. The predicted octanol–water partition coefficient (Wildman–Crippen LogP) is 5.90. The number of ether oxygens (including phenoxy) is 1. The molecule has 3 aromatic carbocycles. The lowest BCUT2D eigenvalue weighted by Gasteiger charge is -2.29. The van der Waals surface area contributed by atoms with Crippen LogP contribution in [0.15, 0.2) is 71.6 Å². The number of hydrogen-bond acceptors (Lipinski definition) is 5. The molecule has 2 aliphatic rings. The number of hydrogen-bond donors (Lipinski definition) is 2. The van der Waals surface area contributed by atoms with Gasteiger partial charge in [-0.15, -0.1) is 0 Å². The van der Waals surface area contributed by atoms with Gasteiger partial charge in [-0.1, -0.05) is 72.1 Å². The lowest BCUT2D eigenvalue weighted by atomic mass is 9.97. The summed E-state index contributed by atoms with van der Waals surface area (Å²) in [6.45, 7) is 3.64. The van der Waals surface area contributed by atoms with E-state index in [0.717, 1.165) is 36.5 Å². The van der Waals surface area contributed by atoms with E-state index in [2.05, 4.69) is 27.1 Å². The Morgan fingerprint density at radius 2 is 1.73 bits per heavy atom. The molecule has 10 heteroatoms. The van der Waals surface area contributed by atoms with Crippen LogP contribution in [0, 0.1) is 0 Å². The first-order valence-corrected chi connectivity index (χ1v) is 16.3. The third-order valence-electron chi connectivity index (χ3n) is 7.59. The quantitative estimate of drug-likeness (QED) is 0.296. The number of amides is 1. The van der Waals surface area contributed by atoms with Crippen LogP contribution in [0.5, 0.6) is 5.75 Å². The van der Waals surface area contributed by atoms with E-state index in [1.165, 1.54) is 43.0 Å². The highest BCUT2D eigenvalue weighted by atomic mass is 35.5. The number of carbonyl (C=O) groups is 1. The second-order valence-corrected chi connectivity index (χ2v) is 13.3. The average molecular weight is 617 g/mol. The van der Waals surface area contributed by atoms with Crippen LogP contribution in [0.3, 0.4) is 0 Å². The van der Waals surface area contributed by atoms with Crippen LogP contribution in [0.4, 0.5) is 0 Å². The molecule has 2 aliphatic heterocycles. The monoisotopic (exact) mass is 615 g/mol. The summed E-state index contributed by atoms with van der Waals surface area (Å²) in [5.74, 6) is 0.565. The molecule has 0 aromatic heterocycles. The maximum absolute atomic E-state index is 13.3. The van der Waals surface area contributed by atoms with Gasteiger partial charge in [0.1, 0.15) is 5.75 Å². The molecule has 5 rings (SSSR count). The van der Waals surface area contributed by atoms with Crippen LogP contribution < -0.4 is 14.8 Å². The molecule has 218 valence electrons. The lowest BCUT2D eigenvalue weighted by Crippen LogP contribution is -2.41. The van der Waals surface area contributed by atoms with E-state index < -0.39 is 16.1 Å². The largest absolute Gasteiger partial charge is 0.493 e. The molecule has 41 heavy (non-hydrogen) atoms. The number of sulfonamides is 1. The molecule has 0 saturated carbocycles. The molecule has 0 aliphatic carbocycles. The second kappa shape index (κ2) is 13.6. The van der Waals surface area contributed by atoms with Crippen molar-refractivity contribution in [1.29, 1.82) is 0 Å². The number of nitrogens with zero attached hydrogens (tertiary/aromatic N) is 1. The zero-order chi connectivity index (χ0) is 28.8. The summed E-state index contributed by atoms with van der Waals surface area (Å²) in [4.78, 5) is 15.8. The maximum Gasteiger partial charge on any atom is 0.240 e. The average Bonchev–Trinajstić information content (AvgIpc) is 2.95. The number of benzene rings is 3. The van der Waals surface area contributed by atoms with Gasteiger partial charge in [0.05, 0.1) is 27.6 Å². The summed E-state index contributed by atoms with van der Waals surface area (Å²) in [7, 11) is -3.96. The van der Waals surface area contributed by atoms with Gasteiger partial charge in [-0.25, -0.2) is 13.1 Å². The standard InChI is InChI=1S/C31H35Cl2N3O4S/c32-27-12-10-25(20-28(27)33)41(38,39)35-24(17-22-7-3-1-4-8-22)19-31(37)34-29-13-16-40-30-18-23(9-11-26(29)30)21-36-14-5-2-6-15-36/h1,3-4,7-12,18,20,24,29,35H,2,5-6,13-17,19,21H2,(H,34,37)/t24-,29+/m0/s1. The Morgan fingerprint density at radius 3 is 2.49 bits per heavy atom. The number of rotatable bonds is 10. The highest BCUT2D eigenvalue weighted by molar-refractivity contribution is 7.89. The van der Waals surface area contributed by atoms with Crippen LogP contribution in [0.2, 0.25) is 10.0 Å². The molecule has 0 unspecified atom stereocenters. The van der Waals surface area contributed by atoms with Gasteiger partial charge in [0.15, 0.2) is 0 Å². The van der Waals surface area contributed by atoms with Crippen molar-refractivity contribution >= 4 is 39.1 Å². The van der Waals surface area contributed by atoms with Crippen LogP contribution in [-0.4, -0.2) is 45.0 Å². The Balaban J connectivity index is 1.28. The normalized spacial score (nSPS) is 18.2. The molecule has 1 amide bonds. The molecule has 2 heterocycles. The molecule has 1 saturated heterocycles. The summed E-state index contributed by atoms with van der Waals surface area (Å²) in [5.41, 5.74) is 3.07. The third-order valence-corrected chi connectivity index (χ3v) is 9.84. The van der Waals surface area contributed by atoms with Gasteiger partial charge in [0.2, 0.25) is 15.9 Å². The number of carbonyl (C=O) groups excluding carboxylic acids is 1. The second-order valence-electron chi connectivity index (χ2n) is 10.8. The number of nitrogens with one attached hydrogen (secondary N) is 2. The third kappa shape index (κ3) is 8.02. The Hall–Kier alpha value is -2.62. The van der Waals surface area contributed by atoms with Crippen LogP contribution >= 0.6 is 23.2 Å². The van der Waals surface area contributed by atoms with Gasteiger partial charge in [-0.2, -0.15) is 0 Å². The van der Waals surface area contributed by atoms with Gasteiger partial charge in [0.25, 0.3) is 0 Å². The minimum Gasteiger partial charge on any atom is -0.493 e. The number of piperidine rings is 1. The van der Waals surface area contributed by atoms with Crippen molar-refractivity contribution < 1.29 is 17.9 Å². The van der Waals surface area contributed by atoms with E-state index in [0.29, 0.717) is 19.4 Å². The van der Waals surface area contributed by atoms with Crippen molar-refractivity contribution in [2.24, 2.45) is 0 Å². The zero-order valence-corrected chi connectivity index (χ0v) is 25.1. The van der Waals surface area contributed by atoms with Gasteiger partial charge < -0.3 is 10.1 Å². The van der Waals surface area contributed by atoms with E-state index in [1.54, 1.807) is 0 Å². The van der Waals surface area contributed by atoms with E-state index in [1.807, 2.05) is 36.4 Å². The van der Waals surface area contributed by atoms with Crippen molar-refractivity contribution in [1.82, 2.24) is 14.9 Å². The number of fused-ring (bicyclic) bond motifs is 1. The molecule has 7 nitrogen and oxygen atoms in total. The minimum absolute atomic E-state index is 0.0101. The van der Waals surface area contributed by atoms with Gasteiger partial charge in [-0.3, -0.25) is 9.69 Å².